The maximum atomic E-state index is 11.2. The summed E-state index contributed by atoms with van der Waals surface area (Å²) in [5.41, 5.74) is 0. The highest BCUT2D eigenvalue weighted by Crippen LogP contribution is 2.05. The van der Waals surface area contributed by atoms with E-state index < -0.39 is 0 Å². The standard InChI is InChI=1S/C12H24N2O3/c1-17-10-4-2-3-5-13-6-8-14(9-7-13)12(16)11-15/h15H,2-11H2,1H3. The molecule has 100 valence electrons. The van der Waals surface area contributed by atoms with Gasteiger partial charge in [0.2, 0.25) is 5.91 Å². The minimum Gasteiger partial charge on any atom is -0.387 e. The van der Waals surface area contributed by atoms with Crippen molar-refractivity contribution >= 4 is 5.91 Å². The first-order chi connectivity index (χ1) is 8.27. The quantitative estimate of drug-likeness (QED) is 0.638. The second-order valence-corrected chi connectivity index (χ2v) is 4.43. The maximum absolute atomic E-state index is 11.2. The van der Waals surface area contributed by atoms with E-state index in [0.717, 1.165) is 45.8 Å². The highest BCUT2D eigenvalue weighted by Gasteiger charge is 2.19. The molecule has 0 saturated carbocycles. The van der Waals surface area contributed by atoms with Crippen molar-refractivity contribution in [3.63, 3.8) is 0 Å². The number of amides is 1. The second-order valence-electron chi connectivity index (χ2n) is 4.43. The van der Waals surface area contributed by atoms with Crippen LogP contribution in [0.5, 0.6) is 0 Å². The topological polar surface area (TPSA) is 53.0 Å². The van der Waals surface area contributed by atoms with Gasteiger partial charge in [0.25, 0.3) is 0 Å². The lowest BCUT2D eigenvalue weighted by Gasteiger charge is -2.34. The third-order valence-corrected chi connectivity index (χ3v) is 3.18. The number of aliphatic hydroxyl groups is 1. The predicted octanol–water partition coefficient (Wildman–Crippen LogP) is -0.0604. The Hall–Kier alpha value is -0.650. The highest BCUT2D eigenvalue weighted by atomic mass is 16.5. The molecular weight excluding hydrogens is 220 g/mol. The number of piperazine rings is 1. The fourth-order valence-electron chi connectivity index (χ4n) is 2.08. The van der Waals surface area contributed by atoms with Gasteiger partial charge in [-0.1, -0.05) is 0 Å². The molecule has 0 aromatic heterocycles. The number of ether oxygens (including phenoxy) is 1. The van der Waals surface area contributed by atoms with Gasteiger partial charge in [0.05, 0.1) is 0 Å². The summed E-state index contributed by atoms with van der Waals surface area (Å²) >= 11 is 0. The predicted molar refractivity (Wildman–Crippen MR) is 65.8 cm³/mol. The monoisotopic (exact) mass is 244 g/mol. The Kier molecular flexibility index (Phi) is 7.16. The van der Waals surface area contributed by atoms with Crippen molar-refractivity contribution in [3.05, 3.63) is 0 Å². The summed E-state index contributed by atoms with van der Waals surface area (Å²) in [6.45, 7) is 4.93. The van der Waals surface area contributed by atoms with Crippen LogP contribution in [-0.4, -0.2) is 73.9 Å². The molecule has 0 aromatic rings. The first-order valence-corrected chi connectivity index (χ1v) is 6.38. The van der Waals surface area contributed by atoms with Crippen molar-refractivity contribution in [1.29, 1.82) is 0 Å². The Morgan fingerprint density at radius 1 is 1.18 bits per heavy atom. The van der Waals surface area contributed by atoms with Crippen molar-refractivity contribution in [2.45, 2.75) is 19.3 Å². The van der Waals surface area contributed by atoms with E-state index in [1.165, 1.54) is 12.8 Å². The fourth-order valence-corrected chi connectivity index (χ4v) is 2.08. The van der Waals surface area contributed by atoms with Crippen molar-refractivity contribution < 1.29 is 14.6 Å². The average Bonchev–Trinajstić information content (AvgIpc) is 2.38. The minimum absolute atomic E-state index is 0.148. The lowest BCUT2D eigenvalue weighted by Crippen LogP contribution is -2.49. The van der Waals surface area contributed by atoms with Crippen LogP contribution >= 0.6 is 0 Å². The van der Waals surface area contributed by atoms with Gasteiger partial charge in [-0.2, -0.15) is 0 Å². The van der Waals surface area contributed by atoms with E-state index in [1.807, 2.05) is 0 Å². The van der Waals surface area contributed by atoms with Crippen LogP contribution in [0.2, 0.25) is 0 Å². The van der Waals surface area contributed by atoms with Crippen LogP contribution in [0, 0.1) is 0 Å². The summed E-state index contributed by atoms with van der Waals surface area (Å²) in [4.78, 5) is 15.4. The molecule has 5 nitrogen and oxygen atoms in total. The van der Waals surface area contributed by atoms with Crippen molar-refractivity contribution in [2.75, 3.05) is 53.0 Å². The Balaban J connectivity index is 2.05. The summed E-state index contributed by atoms with van der Waals surface area (Å²) < 4.78 is 5.01. The van der Waals surface area contributed by atoms with Crippen LogP contribution < -0.4 is 0 Å². The molecule has 5 heteroatoms. The molecule has 1 fully saturated rings. The zero-order valence-electron chi connectivity index (χ0n) is 10.7. The molecule has 1 heterocycles. The smallest absolute Gasteiger partial charge is 0.248 e. The number of methoxy groups -OCH3 is 1. The second kappa shape index (κ2) is 8.44. The molecule has 0 atom stereocenters. The first-order valence-electron chi connectivity index (χ1n) is 6.38. The summed E-state index contributed by atoms with van der Waals surface area (Å²) in [6, 6.07) is 0. The van der Waals surface area contributed by atoms with Crippen molar-refractivity contribution in [1.82, 2.24) is 9.80 Å². The van der Waals surface area contributed by atoms with Crippen molar-refractivity contribution in [2.24, 2.45) is 0 Å². The molecular formula is C12H24N2O3. The van der Waals surface area contributed by atoms with E-state index in [9.17, 15) is 4.79 Å². The number of hydrogen-bond donors (Lipinski definition) is 1. The van der Waals surface area contributed by atoms with Crippen LogP contribution in [0.4, 0.5) is 0 Å². The normalized spacial score (nSPS) is 17.4. The largest absolute Gasteiger partial charge is 0.387 e. The number of carbonyl (C=O) groups is 1. The molecule has 0 bridgehead atoms. The van der Waals surface area contributed by atoms with Crippen molar-refractivity contribution in [3.8, 4) is 0 Å². The molecule has 1 rings (SSSR count). The highest BCUT2D eigenvalue weighted by molar-refractivity contribution is 5.77. The Bertz CT molecular complexity index is 216. The zero-order chi connectivity index (χ0) is 12.5. The number of rotatable bonds is 7. The van der Waals surface area contributed by atoms with Crippen LogP contribution in [0.25, 0.3) is 0 Å². The van der Waals surface area contributed by atoms with E-state index in [0.29, 0.717) is 0 Å². The van der Waals surface area contributed by atoms with Crippen LogP contribution in [0.1, 0.15) is 19.3 Å². The van der Waals surface area contributed by atoms with Gasteiger partial charge >= 0.3 is 0 Å². The number of unbranched alkanes of at least 4 members (excludes halogenated alkanes) is 2. The molecule has 1 N–H and O–H groups in total. The molecule has 1 amide bonds. The average molecular weight is 244 g/mol. The zero-order valence-corrected chi connectivity index (χ0v) is 10.7. The first kappa shape index (κ1) is 14.4. The van der Waals surface area contributed by atoms with Gasteiger partial charge in [-0.25, -0.2) is 0 Å². The molecule has 0 spiro atoms. The molecule has 0 aromatic carbocycles. The SMILES string of the molecule is COCCCCCN1CCN(C(=O)CO)CC1. The van der Waals surface area contributed by atoms with Gasteiger partial charge in [-0.15, -0.1) is 0 Å². The molecule has 1 aliphatic rings. The van der Waals surface area contributed by atoms with Crippen LogP contribution in [0.15, 0.2) is 0 Å². The Morgan fingerprint density at radius 2 is 1.88 bits per heavy atom. The van der Waals surface area contributed by atoms with E-state index in [2.05, 4.69) is 4.90 Å². The Morgan fingerprint density at radius 3 is 2.47 bits per heavy atom. The Labute approximate surface area is 103 Å². The fraction of sp³-hybridized carbons (Fsp3) is 0.917. The number of hydrogen-bond acceptors (Lipinski definition) is 4. The van der Waals surface area contributed by atoms with Crippen LogP contribution in [-0.2, 0) is 9.53 Å². The van der Waals surface area contributed by atoms with Gasteiger partial charge in [0.1, 0.15) is 6.61 Å². The minimum atomic E-state index is -0.364. The van der Waals surface area contributed by atoms with E-state index >= 15 is 0 Å². The van der Waals surface area contributed by atoms with Crippen LogP contribution in [0.3, 0.4) is 0 Å². The van der Waals surface area contributed by atoms with Gasteiger partial charge in [-0.05, 0) is 25.8 Å². The summed E-state index contributed by atoms with van der Waals surface area (Å²) in [6.07, 6.45) is 3.51. The number of carbonyl (C=O) groups excluding carboxylic acids is 1. The van der Waals surface area contributed by atoms with E-state index in [4.69, 9.17) is 9.84 Å². The molecule has 1 saturated heterocycles. The molecule has 1 aliphatic heterocycles. The molecule has 0 radical (unpaired) electrons. The molecule has 17 heavy (non-hydrogen) atoms. The lowest BCUT2D eigenvalue weighted by atomic mass is 10.2. The van der Waals surface area contributed by atoms with Gasteiger partial charge < -0.3 is 14.7 Å². The van der Waals surface area contributed by atoms with E-state index in [1.54, 1.807) is 12.0 Å². The molecule has 0 unspecified atom stereocenters. The lowest BCUT2D eigenvalue weighted by molar-refractivity contribution is -0.135. The third kappa shape index (κ3) is 5.48. The molecule has 0 aliphatic carbocycles. The summed E-state index contributed by atoms with van der Waals surface area (Å²) in [5, 5.41) is 8.76. The number of aliphatic hydroxyl groups excluding tert-OH is 1. The third-order valence-electron chi connectivity index (χ3n) is 3.18. The van der Waals surface area contributed by atoms with E-state index in [-0.39, 0.29) is 12.5 Å². The number of nitrogens with zero attached hydrogens (tertiary/aromatic N) is 2. The maximum Gasteiger partial charge on any atom is 0.248 e. The van der Waals surface area contributed by atoms with Gasteiger partial charge in [0, 0.05) is 39.9 Å². The van der Waals surface area contributed by atoms with Gasteiger partial charge in [0.15, 0.2) is 0 Å². The summed E-state index contributed by atoms with van der Waals surface area (Å²) in [7, 11) is 1.73. The summed E-state index contributed by atoms with van der Waals surface area (Å²) in [5.74, 6) is -0.148. The van der Waals surface area contributed by atoms with Gasteiger partial charge in [-0.3, -0.25) is 9.69 Å².